The number of nitrogens with one attached hydrogen (secondary N) is 1. The van der Waals surface area contributed by atoms with Crippen LogP contribution in [0.2, 0.25) is 0 Å². The Morgan fingerprint density at radius 2 is 1.62 bits per heavy atom. The van der Waals surface area contributed by atoms with Crippen LogP contribution in [0.25, 0.3) is 0 Å². The first-order valence-corrected chi connectivity index (χ1v) is 9.16. The topological polar surface area (TPSA) is 38.3 Å². The fourth-order valence-electron chi connectivity index (χ4n) is 2.12. The monoisotopic (exact) mass is 343 g/mol. The minimum Gasteiger partial charge on any atom is -0.459 e. The van der Waals surface area contributed by atoms with Crippen LogP contribution in [0.5, 0.6) is 0 Å². The molecule has 0 aromatic heterocycles. The molecule has 0 fully saturated rings. The molecule has 1 atom stereocenters. The van der Waals surface area contributed by atoms with E-state index in [2.05, 4.69) is 17.4 Å². The van der Waals surface area contributed by atoms with Gasteiger partial charge in [0.25, 0.3) is 0 Å². The van der Waals surface area contributed by atoms with Gasteiger partial charge in [0.1, 0.15) is 10.9 Å². The fourth-order valence-corrected chi connectivity index (χ4v) is 3.09. The Morgan fingerprint density at radius 3 is 2.21 bits per heavy atom. The van der Waals surface area contributed by atoms with Gasteiger partial charge in [0.05, 0.1) is 0 Å². The zero-order valence-corrected chi connectivity index (χ0v) is 15.3. The summed E-state index contributed by atoms with van der Waals surface area (Å²) in [7, 11) is 0. The molecule has 0 heterocycles. The van der Waals surface area contributed by atoms with E-state index in [0.29, 0.717) is 6.54 Å². The summed E-state index contributed by atoms with van der Waals surface area (Å²) in [6.07, 6.45) is 0. The van der Waals surface area contributed by atoms with Crippen LogP contribution in [-0.4, -0.2) is 23.4 Å². The number of ether oxygens (including phenoxy) is 1. The van der Waals surface area contributed by atoms with Crippen LogP contribution < -0.4 is 5.32 Å². The summed E-state index contributed by atoms with van der Waals surface area (Å²) in [5.41, 5.74) is 1.73. The molecule has 4 heteroatoms. The molecule has 24 heavy (non-hydrogen) atoms. The van der Waals surface area contributed by atoms with Crippen molar-refractivity contribution in [1.29, 1.82) is 0 Å². The molecule has 0 saturated carbocycles. The summed E-state index contributed by atoms with van der Waals surface area (Å²) in [5, 5.41) is 3.07. The average molecular weight is 343 g/mol. The third-order valence-corrected chi connectivity index (χ3v) is 4.49. The molecular formula is C20H25NO2S. The molecule has 1 unspecified atom stereocenters. The van der Waals surface area contributed by atoms with Crippen molar-refractivity contribution < 1.29 is 9.53 Å². The van der Waals surface area contributed by atoms with Crippen molar-refractivity contribution in [3.8, 4) is 0 Å². The van der Waals surface area contributed by atoms with Crippen LogP contribution >= 0.6 is 11.8 Å². The van der Waals surface area contributed by atoms with E-state index in [4.69, 9.17) is 4.74 Å². The highest BCUT2D eigenvalue weighted by Gasteiger charge is 2.25. The van der Waals surface area contributed by atoms with Crippen molar-refractivity contribution in [3.05, 3.63) is 66.2 Å². The van der Waals surface area contributed by atoms with Gasteiger partial charge in [0.2, 0.25) is 0 Å². The summed E-state index contributed by atoms with van der Waals surface area (Å²) in [6, 6.07) is 20.1. The fraction of sp³-hybridized carbons (Fsp3) is 0.350. The number of para-hydroxylation sites is 1. The number of carbonyl (C=O) groups excluding carboxylic acids is 1. The third-order valence-electron chi connectivity index (χ3n) is 3.23. The van der Waals surface area contributed by atoms with Gasteiger partial charge in [-0.3, -0.25) is 4.79 Å². The highest BCUT2D eigenvalue weighted by atomic mass is 32.2. The molecule has 1 N–H and O–H groups in total. The van der Waals surface area contributed by atoms with Crippen molar-refractivity contribution in [2.75, 3.05) is 11.9 Å². The first kappa shape index (κ1) is 18.4. The average Bonchev–Trinajstić information content (AvgIpc) is 2.55. The molecule has 0 aliphatic heterocycles. The zero-order valence-electron chi connectivity index (χ0n) is 14.5. The van der Waals surface area contributed by atoms with Crippen molar-refractivity contribution in [2.24, 2.45) is 0 Å². The normalized spacial score (nSPS) is 12.5. The van der Waals surface area contributed by atoms with Crippen molar-refractivity contribution >= 4 is 23.4 Å². The minimum atomic E-state index is -0.477. The molecule has 2 aromatic rings. The lowest BCUT2D eigenvalue weighted by atomic mass is 10.2. The maximum atomic E-state index is 12.5. The molecule has 0 saturated heterocycles. The van der Waals surface area contributed by atoms with Crippen LogP contribution in [0.1, 0.15) is 26.3 Å². The van der Waals surface area contributed by atoms with Crippen molar-refractivity contribution in [1.82, 2.24) is 0 Å². The number of hydrogen-bond donors (Lipinski definition) is 1. The van der Waals surface area contributed by atoms with Gasteiger partial charge in [-0.1, -0.05) is 48.5 Å². The maximum Gasteiger partial charge on any atom is 0.321 e. The van der Waals surface area contributed by atoms with Crippen LogP contribution in [0.15, 0.2) is 60.7 Å². The summed E-state index contributed by atoms with van der Waals surface area (Å²) >= 11 is 1.61. The molecule has 0 radical (unpaired) electrons. The lowest BCUT2D eigenvalue weighted by molar-refractivity contribution is -0.153. The first-order valence-electron chi connectivity index (χ1n) is 8.11. The molecule has 3 nitrogen and oxygen atoms in total. The highest BCUT2D eigenvalue weighted by molar-refractivity contribution is 7.99. The van der Waals surface area contributed by atoms with Crippen molar-refractivity contribution in [3.63, 3.8) is 0 Å². The number of benzene rings is 2. The SMILES string of the molecule is CC(C)(C)OC(=O)C(CNc1ccccc1)SCc1ccccc1. The molecule has 0 aliphatic rings. The van der Waals surface area contributed by atoms with Gasteiger partial charge in [-0.2, -0.15) is 0 Å². The summed E-state index contributed by atoms with van der Waals surface area (Å²) in [6.45, 7) is 6.23. The predicted molar refractivity (Wildman–Crippen MR) is 102 cm³/mol. The van der Waals surface area contributed by atoms with Gasteiger partial charge >= 0.3 is 5.97 Å². The Hall–Kier alpha value is -1.94. The van der Waals surface area contributed by atoms with E-state index in [1.54, 1.807) is 11.8 Å². The van der Waals surface area contributed by atoms with E-state index in [9.17, 15) is 4.79 Å². The van der Waals surface area contributed by atoms with Crippen LogP contribution in [0, 0.1) is 0 Å². The lowest BCUT2D eigenvalue weighted by Crippen LogP contribution is -2.34. The van der Waals surface area contributed by atoms with Crippen molar-refractivity contribution in [2.45, 2.75) is 37.4 Å². The van der Waals surface area contributed by atoms with Gasteiger partial charge < -0.3 is 10.1 Å². The summed E-state index contributed by atoms with van der Waals surface area (Å²) in [5.74, 6) is 0.605. The van der Waals surface area contributed by atoms with Gasteiger partial charge in [0, 0.05) is 18.0 Å². The Balaban J connectivity index is 1.98. The van der Waals surface area contributed by atoms with E-state index in [-0.39, 0.29) is 11.2 Å². The summed E-state index contributed by atoms with van der Waals surface area (Å²) < 4.78 is 5.58. The lowest BCUT2D eigenvalue weighted by Gasteiger charge is -2.24. The predicted octanol–water partition coefficient (Wildman–Crippen LogP) is 4.74. The second-order valence-electron chi connectivity index (χ2n) is 6.57. The molecule has 0 spiro atoms. The van der Waals surface area contributed by atoms with Gasteiger partial charge in [-0.05, 0) is 38.5 Å². The number of esters is 1. The molecule has 2 aromatic carbocycles. The highest BCUT2D eigenvalue weighted by Crippen LogP contribution is 2.22. The Kier molecular flexibility index (Phi) is 6.73. The van der Waals surface area contributed by atoms with Crippen LogP contribution in [0.3, 0.4) is 0 Å². The number of hydrogen-bond acceptors (Lipinski definition) is 4. The number of anilines is 1. The quantitative estimate of drug-likeness (QED) is 0.737. The van der Waals surface area contributed by atoms with Crippen LogP contribution in [0.4, 0.5) is 5.69 Å². The number of thioether (sulfide) groups is 1. The van der Waals surface area contributed by atoms with E-state index in [1.165, 1.54) is 5.56 Å². The Morgan fingerprint density at radius 1 is 1.04 bits per heavy atom. The third kappa shape index (κ3) is 6.67. The van der Waals surface area contributed by atoms with E-state index in [0.717, 1.165) is 11.4 Å². The number of rotatable bonds is 7. The molecule has 0 aliphatic carbocycles. The minimum absolute atomic E-state index is 0.174. The van der Waals surface area contributed by atoms with E-state index < -0.39 is 5.60 Å². The van der Waals surface area contributed by atoms with E-state index in [1.807, 2.05) is 69.3 Å². The first-order chi connectivity index (χ1) is 11.4. The van der Waals surface area contributed by atoms with Crippen LogP contribution in [-0.2, 0) is 15.3 Å². The Labute approximate surface area is 148 Å². The van der Waals surface area contributed by atoms with Gasteiger partial charge in [0.15, 0.2) is 0 Å². The molecule has 128 valence electrons. The second-order valence-corrected chi connectivity index (χ2v) is 7.76. The second kappa shape index (κ2) is 8.78. The van der Waals surface area contributed by atoms with Gasteiger partial charge in [-0.25, -0.2) is 0 Å². The largest absolute Gasteiger partial charge is 0.459 e. The standard InChI is InChI=1S/C20H25NO2S/c1-20(2,3)23-19(22)18(14-21-17-12-8-5-9-13-17)24-15-16-10-6-4-7-11-16/h4-13,18,21H,14-15H2,1-3H3. The smallest absolute Gasteiger partial charge is 0.321 e. The molecule has 2 rings (SSSR count). The zero-order chi connectivity index (χ0) is 17.4. The van der Waals surface area contributed by atoms with E-state index >= 15 is 0 Å². The number of carbonyl (C=O) groups is 1. The Bertz CT molecular complexity index is 580. The molecule has 0 amide bonds. The molecule has 0 bridgehead atoms. The molecular weight excluding hydrogens is 318 g/mol. The summed E-state index contributed by atoms with van der Waals surface area (Å²) in [4.78, 5) is 12.5. The maximum absolute atomic E-state index is 12.5. The van der Waals surface area contributed by atoms with Gasteiger partial charge in [-0.15, -0.1) is 11.8 Å².